The van der Waals surface area contributed by atoms with Crippen LogP contribution in [0.4, 0.5) is 5.69 Å². The van der Waals surface area contributed by atoms with Crippen LogP contribution in [0.25, 0.3) is 0 Å². The van der Waals surface area contributed by atoms with Crippen molar-refractivity contribution < 1.29 is 14.5 Å². The number of nitrogens with two attached hydrogens (primary N) is 1. The van der Waals surface area contributed by atoms with Crippen molar-refractivity contribution in [1.29, 1.82) is 0 Å². The van der Waals surface area contributed by atoms with Crippen LogP contribution in [0.3, 0.4) is 0 Å². The number of amides is 1. The van der Waals surface area contributed by atoms with Crippen molar-refractivity contribution in [1.82, 2.24) is 5.32 Å². The molecule has 0 spiro atoms. The first kappa shape index (κ1) is 14.9. The van der Waals surface area contributed by atoms with Gasteiger partial charge in [-0.3, -0.25) is 14.9 Å². The smallest absolute Gasteiger partial charge is 0.273 e. The Hall–Kier alpha value is -2.15. The van der Waals surface area contributed by atoms with Gasteiger partial charge in [-0.1, -0.05) is 6.07 Å². The summed E-state index contributed by atoms with van der Waals surface area (Å²) in [7, 11) is 1.64. The first-order valence-corrected chi connectivity index (χ1v) is 5.75. The number of nitrogens with zero attached hydrogens (tertiary/aromatic N) is 1. The molecule has 1 amide bonds. The first-order valence-electron chi connectivity index (χ1n) is 5.75. The fourth-order valence-corrected chi connectivity index (χ4v) is 1.43. The third-order valence-electron chi connectivity index (χ3n) is 2.99. The average Bonchev–Trinajstić information content (AvgIpc) is 2.38. The number of hydrogen-bond acceptors (Lipinski definition) is 5. The van der Waals surface area contributed by atoms with Gasteiger partial charge in [0.2, 0.25) is 5.91 Å². The average molecular weight is 267 g/mol. The Morgan fingerprint density at radius 3 is 2.79 bits per heavy atom. The number of ether oxygens (including phenoxy) is 1. The molecule has 0 radical (unpaired) electrons. The van der Waals surface area contributed by atoms with Gasteiger partial charge in [-0.15, -0.1) is 0 Å². The van der Waals surface area contributed by atoms with Gasteiger partial charge in [0.25, 0.3) is 5.69 Å². The Morgan fingerprint density at radius 1 is 1.58 bits per heavy atom. The van der Waals surface area contributed by atoms with Gasteiger partial charge in [0.15, 0.2) is 0 Å². The number of carbonyl (C=O) groups is 1. The molecule has 1 rings (SSSR count). The maximum Gasteiger partial charge on any atom is 0.273 e. The molecule has 3 N–H and O–H groups in total. The van der Waals surface area contributed by atoms with Crippen LogP contribution in [0, 0.1) is 10.1 Å². The van der Waals surface area contributed by atoms with Gasteiger partial charge in [-0.2, -0.15) is 0 Å². The second-order valence-corrected chi connectivity index (χ2v) is 4.30. The van der Waals surface area contributed by atoms with Crippen molar-refractivity contribution in [3.63, 3.8) is 0 Å². The zero-order chi connectivity index (χ0) is 14.5. The standard InChI is InChI=1S/C12H17N3O4/c1-12(14-2,11(13)16)6-7-19-10-5-3-4-9(8-10)15(17)18/h3-5,8,14H,6-7H2,1-2H3,(H2,13,16). The molecular weight excluding hydrogens is 250 g/mol. The van der Waals surface area contributed by atoms with E-state index < -0.39 is 16.4 Å². The van der Waals surface area contributed by atoms with Crippen LogP contribution in [-0.4, -0.2) is 30.0 Å². The number of hydrogen-bond donors (Lipinski definition) is 2. The van der Waals surface area contributed by atoms with Crippen LogP contribution >= 0.6 is 0 Å². The molecule has 0 saturated heterocycles. The van der Waals surface area contributed by atoms with Crippen molar-refractivity contribution in [2.75, 3.05) is 13.7 Å². The maximum atomic E-state index is 11.3. The zero-order valence-electron chi connectivity index (χ0n) is 10.9. The van der Waals surface area contributed by atoms with Crippen molar-refractivity contribution in [2.24, 2.45) is 5.73 Å². The molecule has 0 aliphatic heterocycles. The molecular formula is C12H17N3O4. The summed E-state index contributed by atoms with van der Waals surface area (Å²) in [5.41, 5.74) is 4.38. The summed E-state index contributed by atoms with van der Waals surface area (Å²) in [4.78, 5) is 21.4. The Labute approximate surface area is 110 Å². The summed E-state index contributed by atoms with van der Waals surface area (Å²) in [5.74, 6) is -0.0882. The van der Waals surface area contributed by atoms with Crippen LogP contribution in [0.1, 0.15) is 13.3 Å². The quantitative estimate of drug-likeness (QED) is 0.562. The number of nitrogens with one attached hydrogen (secondary N) is 1. The molecule has 0 aliphatic rings. The molecule has 0 bridgehead atoms. The number of carbonyl (C=O) groups excluding carboxylic acids is 1. The van der Waals surface area contributed by atoms with Gasteiger partial charge in [0.1, 0.15) is 5.75 Å². The predicted octanol–water partition coefficient (Wildman–Crippen LogP) is 0.827. The summed E-state index contributed by atoms with van der Waals surface area (Å²) in [6, 6.07) is 5.88. The van der Waals surface area contributed by atoms with E-state index >= 15 is 0 Å². The highest BCUT2D eigenvalue weighted by Crippen LogP contribution is 2.20. The Balaban J connectivity index is 2.60. The van der Waals surface area contributed by atoms with E-state index in [2.05, 4.69) is 5.32 Å². The van der Waals surface area contributed by atoms with Crippen molar-refractivity contribution in [2.45, 2.75) is 18.9 Å². The molecule has 0 saturated carbocycles. The van der Waals surface area contributed by atoms with Crippen LogP contribution in [-0.2, 0) is 4.79 Å². The summed E-state index contributed by atoms with van der Waals surface area (Å²) in [6.07, 6.45) is 0.363. The van der Waals surface area contributed by atoms with Crippen molar-refractivity contribution in [3.8, 4) is 5.75 Å². The molecule has 1 aromatic rings. The third-order valence-corrected chi connectivity index (χ3v) is 2.99. The van der Waals surface area contributed by atoms with E-state index in [1.54, 1.807) is 26.1 Å². The second-order valence-electron chi connectivity index (χ2n) is 4.30. The number of nitro benzene ring substituents is 1. The molecule has 104 valence electrons. The Morgan fingerprint density at radius 2 is 2.26 bits per heavy atom. The molecule has 0 aromatic heterocycles. The maximum absolute atomic E-state index is 11.3. The first-order chi connectivity index (χ1) is 8.89. The highest BCUT2D eigenvalue weighted by molar-refractivity contribution is 5.84. The predicted molar refractivity (Wildman–Crippen MR) is 69.9 cm³/mol. The van der Waals surface area contributed by atoms with Crippen molar-refractivity contribution >= 4 is 11.6 Å². The minimum atomic E-state index is -0.860. The van der Waals surface area contributed by atoms with Gasteiger partial charge < -0.3 is 15.8 Å². The Kier molecular flexibility index (Phi) is 4.82. The number of non-ortho nitro benzene ring substituents is 1. The van der Waals surface area contributed by atoms with Gasteiger partial charge in [0.05, 0.1) is 23.1 Å². The fourth-order valence-electron chi connectivity index (χ4n) is 1.43. The van der Waals surface area contributed by atoms with E-state index in [1.807, 2.05) is 0 Å². The van der Waals surface area contributed by atoms with Gasteiger partial charge in [-0.25, -0.2) is 0 Å². The van der Waals surface area contributed by atoms with Crippen LogP contribution < -0.4 is 15.8 Å². The van der Waals surface area contributed by atoms with Crippen LogP contribution in [0.15, 0.2) is 24.3 Å². The molecule has 19 heavy (non-hydrogen) atoms. The Bertz CT molecular complexity index is 478. The SMILES string of the molecule is CNC(C)(CCOc1cccc([N+](=O)[O-])c1)C(N)=O. The van der Waals surface area contributed by atoms with E-state index in [1.165, 1.54) is 12.1 Å². The van der Waals surface area contributed by atoms with E-state index in [0.29, 0.717) is 12.2 Å². The van der Waals surface area contributed by atoms with Gasteiger partial charge in [-0.05, 0) is 20.0 Å². The van der Waals surface area contributed by atoms with E-state index in [4.69, 9.17) is 10.5 Å². The molecule has 0 heterocycles. The number of primary amides is 1. The largest absolute Gasteiger partial charge is 0.493 e. The molecule has 0 fully saturated rings. The van der Waals surface area contributed by atoms with Gasteiger partial charge >= 0.3 is 0 Å². The molecule has 1 aromatic carbocycles. The van der Waals surface area contributed by atoms with Crippen LogP contribution in [0.5, 0.6) is 5.75 Å². The monoisotopic (exact) mass is 267 g/mol. The summed E-state index contributed by atoms with van der Waals surface area (Å²) < 4.78 is 5.39. The van der Waals surface area contributed by atoms with E-state index in [-0.39, 0.29) is 12.3 Å². The number of nitro groups is 1. The lowest BCUT2D eigenvalue weighted by molar-refractivity contribution is -0.384. The van der Waals surface area contributed by atoms with E-state index in [9.17, 15) is 14.9 Å². The van der Waals surface area contributed by atoms with Crippen molar-refractivity contribution in [3.05, 3.63) is 34.4 Å². The summed E-state index contributed by atoms with van der Waals surface area (Å²) >= 11 is 0. The molecule has 7 nitrogen and oxygen atoms in total. The number of likely N-dealkylation sites (N-methyl/N-ethyl adjacent to an activating group) is 1. The summed E-state index contributed by atoms with van der Waals surface area (Å²) in [6.45, 7) is 1.90. The van der Waals surface area contributed by atoms with Crippen LogP contribution in [0.2, 0.25) is 0 Å². The highest BCUT2D eigenvalue weighted by atomic mass is 16.6. The number of rotatable bonds is 7. The topological polar surface area (TPSA) is 107 Å². The normalized spacial score (nSPS) is 13.6. The second kappa shape index (κ2) is 6.14. The van der Waals surface area contributed by atoms with Gasteiger partial charge in [0, 0.05) is 12.5 Å². The zero-order valence-corrected chi connectivity index (χ0v) is 10.9. The lowest BCUT2D eigenvalue weighted by Crippen LogP contribution is -2.52. The lowest BCUT2D eigenvalue weighted by atomic mass is 9.98. The summed E-state index contributed by atoms with van der Waals surface area (Å²) in [5, 5.41) is 13.4. The minimum absolute atomic E-state index is 0.0382. The fraction of sp³-hybridized carbons (Fsp3) is 0.417. The third kappa shape index (κ3) is 3.92. The molecule has 1 atom stereocenters. The molecule has 7 heteroatoms. The van der Waals surface area contributed by atoms with E-state index in [0.717, 1.165) is 0 Å². The highest BCUT2D eigenvalue weighted by Gasteiger charge is 2.28. The molecule has 0 aliphatic carbocycles. The number of benzene rings is 1. The lowest BCUT2D eigenvalue weighted by Gasteiger charge is -2.25. The minimum Gasteiger partial charge on any atom is -0.493 e. The molecule has 1 unspecified atom stereocenters.